The van der Waals surface area contributed by atoms with Crippen molar-refractivity contribution < 1.29 is 28.5 Å². The molecule has 1 aromatic heterocycles. The molecule has 0 saturated heterocycles. The molecule has 5 nitrogen and oxygen atoms in total. The number of hydrogen-bond acceptors (Lipinski definition) is 5. The smallest absolute Gasteiger partial charge is 0.308 e. The second kappa shape index (κ2) is 5.65. The van der Waals surface area contributed by atoms with Crippen LogP contribution in [0.1, 0.15) is 18.1 Å². The highest BCUT2D eigenvalue weighted by Gasteiger charge is 2.25. The number of rotatable bonds is 4. The lowest BCUT2D eigenvalue weighted by molar-refractivity contribution is -0.144. The van der Waals surface area contributed by atoms with E-state index >= 15 is 0 Å². The molecule has 0 fully saturated rings. The minimum Gasteiger partial charge on any atom is -0.469 e. The Hall–Kier alpha value is -1.60. The second-order valence-electron chi connectivity index (χ2n) is 3.31. The summed E-state index contributed by atoms with van der Waals surface area (Å²) in [5, 5.41) is 19.0. The van der Waals surface area contributed by atoms with Gasteiger partial charge in [-0.2, -0.15) is 13.8 Å². The van der Waals surface area contributed by atoms with Crippen LogP contribution >= 0.6 is 0 Å². The third kappa shape index (κ3) is 3.43. The minimum atomic E-state index is -1.68. The van der Waals surface area contributed by atoms with Gasteiger partial charge >= 0.3 is 5.97 Å². The van der Waals surface area contributed by atoms with E-state index in [1.54, 1.807) is 0 Å². The van der Waals surface area contributed by atoms with E-state index < -0.39 is 36.5 Å². The molecule has 0 saturated carbocycles. The molecule has 0 bridgehead atoms. The zero-order chi connectivity index (χ0) is 13.0. The highest BCUT2D eigenvalue weighted by atomic mass is 19.1. The monoisotopic (exact) mass is 247 g/mol. The fraction of sp³-hybridized carbons (Fsp3) is 0.400. The molecule has 7 heteroatoms. The van der Waals surface area contributed by atoms with Crippen LogP contribution in [-0.2, 0) is 9.53 Å². The van der Waals surface area contributed by atoms with Gasteiger partial charge in [-0.3, -0.25) is 4.79 Å². The second-order valence-corrected chi connectivity index (χ2v) is 3.31. The average Bonchev–Trinajstić information content (AvgIpc) is 2.28. The van der Waals surface area contributed by atoms with Gasteiger partial charge in [-0.25, -0.2) is 0 Å². The lowest BCUT2D eigenvalue weighted by atomic mass is 10.0. The van der Waals surface area contributed by atoms with Crippen LogP contribution in [0, 0.1) is 11.9 Å². The number of hydrogen-bond donors (Lipinski definition) is 2. The fourth-order valence-corrected chi connectivity index (χ4v) is 1.22. The lowest BCUT2D eigenvalue weighted by Crippen LogP contribution is -2.23. The Morgan fingerprint density at radius 1 is 1.47 bits per heavy atom. The predicted octanol–water partition coefficient (Wildman–Crippen LogP) is 0.317. The highest BCUT2D eigenvalue weighted by Crippen LogP contribution is 2.21. The molecule has 0 aromatic carbocycles. The number of aliphatic hydroxyl groups is 2. The standard InChI is InChI=1S/C10H11F2NO4/c1-17-8(15)4-6(14)9(16)5-2-3-7(11)13-10(5)12/h2-3,6,9,14,16H,4H2,1H3. The van der Waals surface area contributed by atoms with Crippen molar-refractivity contribution in [3.05, 3.63) is 29.6 Å². The van der Waals surface area contributed by atoms with Crippen LogP contribution in [0.5, 0.6) is 0 Å². The van der Waals surface area contributed by atoms with E-state index in [9.17, 15) is 23.8 Å². The van der Waals surface area contributed by atoms with Gasteiger partial charge in [0.15, 0.2) is 0 Å². The molecule has 0 amide bonds. The summed E-state index contributed by atoms with van der Waals surface area (Å²) in [7, 11) is 1.11. The number of ether oxygens (including phenoxy) is 1. The maximum absolute atomic E-state index is 13.1. The number of aromatic nitrogens is 1. The molecule has 1 aromatic rings. The quantitative estimate of drug-likeness (QED) is 0.591. The van der Waals surface area contributed by atoms with E-state index in [1.165, 1.54) is 0 Å². The summed E-state index contributed by atoms with van der Waals surface area (Å²) in [6, 6.07) is 1.79. The largest absolute Gasteiger partial charge is 0.469 e. The fourth-order valence-electron chi connectivity index (χ4n) is 1.22. The van der Waals surface area contributed by atoms with Gasteiger partial charge in [-0.1, -0.05) is 0 Å². The van der Waals surface area contributed by atoms with Gasteiger partial charge in [0, 0.05) is 5.56 Å². The van der Waals surface area contributed by atoms with Gasteiger partial charge < -0.3 is 14.9 Å². The summed E-state index contributed by atoms with van der Waals surface area (Å²) < 4.78 is 29.9. The number of nitrogens with zero attached hydrogens (tertiary/aromatic N) is 1. The molecule has 2 unspecified atom stereocenters. The number of carbonyl (C=O) groups is 1. The van der Waals surface area contributed by atoms with Crippen molar-refractivity contribution in [2.24, 2.45) is 0 Å². The predicted molar refractivity (Wildman–Crippen MR) is 51.8 cm³/mol. The number of halogens is 2. The maximum atomic E-state index is 13.1. The van der Waals surface area contributed by atoms with E-state index in [4.69, 9.17) is 0 Å². The van der Waals surface area contributed by atoms with E-state index in [-0.39, 0.29) is 5.56 Å². The molecule has 0 aliphatic heterocycles. The molecule has 94 valence electrons. The number of methoxy groups -OCH3 is 1. The average molecular weight is 247 g/mol. The lowest BCUT2D eigenvalue weighted by Gasteiger charge is -2.17. The zero-order valence-electron chi connectivity index (χ0n) is 8.93. The molecule has 2 N–H and O–H groups in total. The third-order valence-corrected chi connectivity index (χ3v) is 2.13. The maximum Gasteiger partial charge on any atom is 0.308 e. The molecule has 1 rings (SSSR count). The SMILES string of the molecule is COC(=O)CC(O)C(O)c1ccc(F)nc1F. The van der Waals surface area contributed by atoms with Crippen LogP contribution < -0.4 is 0 Å². The van der Waals surface area contributed by atoms with E-state index in [1.807, 2.05) is 0 Å². The van der Waals surface area contributed by atoms with E-state index in [0.29, 0.717) is 0 Å². The Morgan fingerprint density at radius 3 is 2.65 bits per heavy atom. The first-order valence-electron chi connectivity index (χ1n) is 4.70. The molecule has 17 heavy (non-hydrogen) atoms. The molecule has 2 atom stereocenters. The van der Waals surface area contributed by atoms with Gasteiger partial charge in [-0.05, 0) is 12.1 Å². The molecular weight excluding hydrogens is 236 g/mol. The Morgan fingerprint density at radius 2 is 2.12 bits per heavy atom. The Bertz CT molecular complexity index is 413. The molecule has 0 spiro atoms. The Labute approximate surface area is 95.7 Å². The van der Waals surface area contributed by atoms with Gasteiger partial charge in [0.1, 0.15) is 6.10 Å². The van der Waals surface area contributed by atoms with Crippen LogP contribution in [0.25, 0.3) is 0 Å². The molecule has 1 heterocycles. The van der Waals surface area contributed by atoms with E-state index in [0.717, 1.165) is 19.2 Å². The third-order valence-electron chi connectivity index (χ3n) is 2.13. The van der Waals surface area contributed by atoms with Gasteiger partial charge in [-0.15, -0.1) is 0 Å². The summed E-state index contributed by atoms with van der Waals surface area (Å²) >= 11 is 0. The van der Waals surface area contributed by atoms with Gasteiger partial charge in [0.25, 0.3) is 0 Å². The van der Waals surface area contributed by atoms with Crippen molar-refractivity contribution in [1.82, 2.24) is 4.98 Å². The first-order valence-corrected chi connectivity index (χ1v) is 4.70. The summed E-state index contributed by atoms with van der Waals surface area (Å²) in [6.07, 6.45) is -3.74. The van der Waals surface area contributed by atoms with Crippen molar-refractivity contribution in [2.75, 3.05) is 7.11 Å². The minimum absolute atomic E-state index is 0.386. The van der Waals surface area contributed by atoms with Crippen molar-refractivity contribution in [3.63, 3.8) is 0 Å². The van der Waals surface area contributed by atoms with Crippen molar-refractivity contribution in [2.45, 2.75) is 18.6 Å². The van der Waals surface area contributed by atoms with Crippen LogP contribution in [0.4, 0.5) is 8.78 Å². The molecule has 0 aliphatic rings. The Balaban J connectivity index is 2.81. The summed E-state index contributed by atoms with van der Waals surface area (Å²) in [5.41, 5.74) is -0.386. The first kappa shape index (κ1) is 13.5. The van der Waals surface area contributed by atoms with Gasteiger partial charge in [0.05, 0.1) is 19.6 Å². The van der Waals surface area contributed by atoms with Crippen molar-refractivity contribution >= 4 is 5.97 Å². The molecular formula is C10H11F2NO4. The van der Waals surface area contributed by atoms with Crippen LogP contribution in [0.3, 0.4) is 0 Å². The molecule has 0 aliphatic carbocycles. The topological polar surface area (TPSA) is 79.7 Å². The number of aliphatic hydroxyl groups excluding tert-OH is 2. The van der Waals surface area contributed by atoms with E-state index in [2.05, 4.69) is 9.72 Å². The normalized spacial score (nSPS) is 14.2. The number of esters is 1. The van der Waals surface area contributed by atoms with Crippen LogP contribution in [-0.4, -0.2) is 34.4 Å². The highest BCUT2D eigenvalue weighted by molar-refractivity contribution is 5.69. The summed E-state index contributed by atoms with van der Waals surface area (Å²) in [4.78, 5) is 13.7. The Kier molecular flexibility index (Phi) is 4.47. The number of pyridine rings is 1. The number of carbonyl (C=O) groups excluding carboxylic acids is 1. The summed E-state index contributed by atoms with van der Waals surface area (Å²) in [6.45, 7) is 0. The van der Waals surface area contributed by atoms with Crippen molar-refractivity contribution in [1.29, 1.82) is 0 Å². The molecule has 0 radical (unpaired) electrons. The van der Waals surface area contributed by atoms with Gasteiger partial charge in [0.2, 0.25) is 11.9 Å². The first-order chi connectivity index (χ1) is 7.95. The van der Waals surface area contributed by atoms with Crippen molar-refractivity contribution in [3.8, 4) is 0 Å². The summed E-state index contributed by atoms with van der Waals surface area (Å²) in [5.74, 6) is -3.03. The zero-order valence-corrected chi connectivity index (χ0v) is 8.93. The van der Waals surface area contributed by atoms with Crippen LogP contribution in [0.2, 0.25) is 0 Å². The van der Waals surface area contributed by atoms with Crippen LogP contribution in [0.15, 0.2) is 12.1 Å².